The monoisotopic (exact) mass is 227 g/mol. The van der Waals surface area contributed by atoms with Gasteiger partial charge in [-0.25, -0.2) is 0 Å². The first-order valence-electron chi connectivity index (χ1n) is 5.44. The molecule has 0 bridgehead atoms. The second-order valence-corrected chi connectivity index (χ2v) is 4.11. The number of furan rings is 1. The third kappa shape index (κ3) is 1.41. The van der Waals surface area contributed by atoms with E-state index in [4.69, 9.17) is 10.2 Å². The number of nitrogens with zero attached hydrogens (tertiary/aromatic N) is 2. The molecule has 2 N–H and O–H groups in total. The Labute approximate surface area is 99.4 Å². The fourth-order valence-corrected chi connectivity index (χ4v) is 2.10. The van der Waals surface area contributed by atoms with Crippen LogP contribution in [-0.4, -0.2) is 12.8 Å². The van der Waals surface area contributed by atoms with E-state index in [-0.39, 0.29) is 0 Å². The second-order valence-electron chi connectivity index (χ2n) is 4.11. The summed E-state index contributed by atoms with van der Waals surface area (Å²) in [7, 11) is 1.95. The third-order valence-electron chi connectivity index (χ3n) is 2.96. The zero-order valence-electron chi connectivity index (χ0n) is 9.77. The van der Waals surface area contributed by atoms with Crippen molar-refractivity contribution in [1.29, 1.82) is 0 Å². The highest BCUT2D eigenvalue weighted by molar-refractivity contribution is 6.07. The highest BCUT2D eigenvalue weighted by Crippen LogP contribution is 2.39. The summed E-state index contributed by atoms with van der Waals surface area (Å²) in [6.45, 7) is 1.96. The summed E-state index contributed by atoms with van der Waals surface area (Å²) in [5.41, 5.74) is 9.52. The minimum Gasteiger partial charge on any atom is -0.424 e. The smallest absolute Gasteiger partial charge is 0.211 e. The van der Waals surface area contributed by atoms with Crippen LogP contribution >= 0.6 is 0 Å². The predicted octanol–water partition coefficient (Wildman–Crippen LogP) is 3.08. The van der Waals surface area contributed by atoms with Crippen LogP contribution in [0.15, 0.2) is 39.7 Å². The lowest BCUT2D eigenvalue weighted by Crippen LogP contribution is -2.09. The van der Waals surface area contributed by atoms with Gasteiger partial charge in [-0.15, -0.1) is 0 Å². The Bertz CT molecular complexity index is 613. The van der Waals surface area contributed by atoms with E-state index in [1.165, 1.54) is 0 Å². The van der Waals surface area contributed by atoms with E-state index in [9.17, 15) is 0 Å². The molecule has 0 amide bonds. The molecule has 0 saturated carbocycles. The number of nitrogen functional groups attached to an aromatic ring is 1. The Kier molecular flexibility index (Phi) is 1.98. The molecule has 0 fully saturated rings. The highest BCUT2D eigenvalue weighted by Gasteiger charge is 2.22. The van der Waals surface area contributed by atoms with Crippen LogP contribution in [0.2, 0.25) is 0 Å². The zero-order valence-corrected chi connectivity index (χ0v) is 9.77. The fraction of sp³-hybridized carbons (Fsp3) is 0.154. The highest BCUT2D eigenvalue weighted by atomic mass is 16.4. The molecule has 1 aromatic carbocycles. The van der Waals surface area contributed by atoms with E-state index in [0.29, 0.717) is 5.88 Å². The SMILES string of the molecule is CC1=Nc2ccccc2N(C)c2oc(N)cc21. The predicted molar refractivity (Wildman–Crippen MR) is 69.5 cm³/mol. The fourth-order valence-electron chi connectivity index (χ4n) is 2.10. The van der Waals surface area contributed by atoms with E-state index in [1.807, 2.05) is 49.2 Å². The van der Waals surface area contributed by atoms with Gasteiger partial charge in [-0.2, -0.15) is 0 Å². The normalized spacial score (nSPS) is 13.8. The van der Waals surface area contributed by atoms with Crippen LogP contribution in [0.3, 0.4) is 0 Å². The van der Waals surface area contributed by atoms with Crippen LogP contribution in [-0.2, 0) is 0 Å². The number of hydrogen-bond donors (Lipinski definition) is 1. The minimum atomic E-state index is 0.413. The van der Waals surface area contributed by atoms with Crippen LogP contribution in [0.1, 0.15) is 12.5 Å². The number of aliphatic imine (C=N–C) groups is 1. The first-order valence-corrected chi connectivity index (χ1v) is 5.44. The molecule has 2 aromatic rings. The van der Waals surface area contributed by atoms with Crippen molar-refractivity contribution in [2.75, 3.05) is 17.7 Å². The molecule has 0 unspecified atom stereocenters. The molecule has 86 valence electrons. The van der Waals surface area contributed by atoms with Gasteiger partial charge in [0.05, 0.1) is 22.6 Å². The lowest BCUT2D eigenvalue weighted by Gasteiger charge is -2.16. The number of fused-ring (bicyclic) bond motifs is 2. The minimum absolute atomic E-state index is 0.413. The van der Waals surface area contributed by atoms with E-state index < -0.39 is 0 Å². The molecule has 0 radical (unpaired) electrons. The van der Waals surface area contributed by atoms with Crippen LogP contribution in [0.25, 0.3) is 0 Å². The maximum atomic E-state index is 5.71. The van der Waals surface area contributed by atoms with Gasteiger partial charge in [0, 0.05) is 13.1 Å². The number of benzene rings is 1. The quantitative estimate of drug-likeness (QED) is 0.752. The molecular weight excluding hydrogens is 214 g/mol. The van der Waals surface area contributed by atoms with Crippen LogP contribution < -0.4 is 10.6 Å². The van der Waals surface area contributed by atoms with Gasteiger partial charge in [0.1, 0.15) is 0 Å². The Morgan fingerprint density at radius 3 is 2.88 bits per heavy atom. The molecule has 0 saturated heterocycles. The number of nitrogens with two attached hydrogens (primary N) is 1. The molecule has 4 heteroatoms. The van der Waals surface area contributed by atoms with Crippen molar-refractivity contribution < 1.29 is 4.42 Å². The lowest BCUT2D eigenvalue weighted by molar-refractivity contribution is 0.589. The van der Waals surface area contributed by atoms with Crippen LogP contribution in [0, 0.1) is 0 Å². The molecule has 17 heavy (non-hydrogen) atoms. The molecule has 1 aromatic heterocycles. The maximum absolute atomic E-state index is 5.71. The summed E-state index contributed by atoms with van der Waals surface area (Å²) in [4.78, 5) is 6.58. The van der Waals surface area contributed by atoms with E-state index in [0.717, 1.165) is 28.5 Å². The van der Waals surface area contributed by atoms with Gasteiger partial charge >= 0.3 is 0 Å². The van der Waals surface area contributed by atoms with Crippen molar-refractivity contribution in [3.05, 3.63) is 35.9 Å². The summed E-state index contributed by atoms with van der Waals surface area (Å²) in [5, 5.41) is 0. The Morgan fingerprint density at radius 2 is 2.06 bits per heavy atom. The first-order chi connectivity index (χ1) is 8.16. The Morgan fingerprint density at radius 1 is 1.29 bits per heavy atom. The average Bonchev–Trinajstić information content (AvgIpc) is 2.67. The lowest BCUT2D eigenvalue weighted by atomic mass is 10.2. The van der Waals surface area contributed by atoms with Gasteiger partial charge in [-0.3, -0.25) is 4.99 Å². The summed E-state index contributed by atoms with van der Waals surface area (Å²) in [5.74, 6) is 1.16. The topological polar surface area (TPSA) is 54.8 Å². The van der Waals surface area contributed by atoms with E-state index in [2.05, 4.69) is 4.99 Å². The Balaban J connectivity index is 2.30. The first kappa shape index (κ1) is 9.96. The number of rotatable bonds is 0. The molecular formula is C13H13N3O. The van der Waals surface area contributed by atoms with Crippen molar-refractivity contribution in [3.63, 3.8) is 0 Å². The molecule has 1 aliphatic heterocycles. The van der Waals surface area contributed by atoms with Gasteiger partial charge in [-0.05, 0) is 19.1 Å². The number of hydrogen-bond acceptors (Lipinski definition) is 4. The average molecular weight is 227 g/mol. The molecule has 0 aliphatic carbocycles. The largest absolute Gasteiger partial charge is 0.424 e. The van der Waals surface area contributed by atoms with Gasteiger partial charge in [0.25, 0.3) is 0 Å². The third-order valence-corrected chi connectivity index (χ3v) is 2.96. The standard InChI is InChI=1S/C13H13N3O/c1-8-9-7-12(14)17-13(9)16(2)11-6-4-3-5-10(11)15-8/h3-7H,14H2,1-2H3. The second kappa shape index (κ2) is 3.38. The molecule has 1 aliphatic rings. The van der Waals surface area contributed by atoms with Gasteiger partial charge in [0.15, 0.2) is 5.88 Å². The summed E-state index contributed by atoms with van der Waals surface area (Å²) in [6, 6.07) is 9.78. The van der Waals surface area contributed by atoms with Gasteiger partial charge in [0.2, 0.25) is 5.88 Å². The molecule has 2 heterocycles. The summed E-state index contributed by atoms with van der Waals surface area (Å²) >= 11 is 0. The number of para-hydroxylation sites is 2. The Hall–Kier alpha value is -2.23. The van der Waals surface area contributed by atoms with Crippen LogP contribution in [0.4, 0.5) is 23.1 Å². The van der Waals surface area contributed by atoms with Crippen LogP contribution in [0.5, 0.6) is 0 Å². The maximum Gasteiger partial charge on any atom is 0.211 e. The van der Waals surface area contributed by atoms with E-state index >= 15 is 0 Å². The van der Waals surface area contributed by atoms with Crippen molar-refractivity contribution in [1.82, 2.24) is 0 Å². The van der Waals surface area contributed by atoms with Gasteiger partial charge in [-0.1, -0.05) is 12.1 Å². The summed E-state index contributed by atoms with van der Waals surface area (Å²) < 4.78 is 5.55. The summed E-state index contributed by atoms with van der Waals surface area (Å²) in [6.07, 6.45) is 0. The molecule has 4 nitrogen and oxygen atoms in total. The number of anilines is 3. The van der Waals surface area contributed by atoms with Crippen molar-refractivity contribution in [3.8, 4) is 0 Å². The van der Waals surface area contributed by atoms with Crippen molar-refractivity contribution >= 4 is 28.9 Å². The van der Waals surface area contributed by atoms with E-state index in [1.54, 1.807) is 0 Å². The molecule has 0 spiro atoms. The zero-order chi connectivity index (χ0) is 12.0. The molecule has 0 atom stereocenters. The van der Waals surface area contributed by atoms with Crippen molar-refractivity contribution in [2.45, 2.75) is 6.92 Å². The molecule has 3 rings (SSSR count). The van der Waals surface area contributed by atoms with Gasteiger partial charge < -0.3 is 15.1 Å². The van der Waals surface area contributed by atoms with Crippen molar-refractivity contribution in [2.24, 2.45) is 4.99 Å².